The number of rotatable bonds is 22. The number of alkyl carbamates (subject to hydrolysis) is 1. The number of carbonyl (C=O) groups excluding carboxylic acids is 4. The lowest BCUT2D eigenvalue weighted by molar-refractivity contribution is -0.140. The number of amides is 4. The molecule has 0 spiro atoms. The molecule has 0 unspecified atom stereocenters. The Morgan fingerprint density at radius 2 is 1.63 bits per heavy atom. The van der Waals surface area contributed by atoms with E-state index in [0.29, 0.717) is 51.0 Å². The van der Waals surface area contributed by atoms with Gasteiger partial charge >= 0.3 is 6.09 Å². The van der Waals surface area contributed by atoms with Gasteiger partial charge in [0.1, 0.15) is 18.7 Å². The van der Waals surface area contributed by atoms with E-state index in [1.54, 1.807) is 6.20 Å². The highest BCUT2D eigenvalue weighted by atomic mass is 16.5. The Kier molecular flexibility index (Phi) is 17.3. The lowest BCUT2D eigenvalue weighted by Crippen LogP contribution is -2.54. The normalized spacial score (nSPS) is 14.9. The summed E-state index contributed by atoms with van der Waals surface area (Å²) in [6, 6.07) is 7.71. The lowest BCUT2D eigenvalue weighted by Gasteiger charge is -2.28. The molecule has 1 fully saturated rings. The number of aromatic amines is 1. The van der Waals surface area contributed by atoms with E-state index < -0.39 is 18.2 Å². The van der Waals surface area contributed by atoms with Crippen LogP contribution in [0.4, 0.5) is 4.79 Å². The summed E-state index contributed by atoms with van der Waals surface area (Å²) in [5, 5.41) is 8.57. The van der Waals surface area contributed by atoms with Gasteiger partial charge in [0.25, 0.3) is 0 Å². The molecule has 0 saturated carbocycles. The highest BCUT2D eigenvalue weighted by molar-refractivity contribution is 5.92. The number of imidazole rings is 1. The number of H-pyrrole nitrogens is 1. The maximum Gasteiger partial charge on any atom is 0.408 e. The molecule has 1 aliphatic heterocycles. The predicted molar refractivity (Wildman–Crippen MR) is 178 cm³/mol. The summed E-state index contributed by atoms with van der Waals surface area (Å²) in [6.45, 7) is 3.77. The number of hydrogen-bond acceptors (Lipinski definition) is 6. The van der Waals surface area contributed by atoms with Gasteiger partial charge in [0.2, 0.25) is 17.7 Å². The molecule has 0 radical (unpaired) electrons. The van der Waals surface area contributed by atoms with E-state index in [1.165, 1.54) is 62.6 Å². The molecule has 254 valence electrons. The van der Waals surface area contributed by atoms with Gasteiger partial charge in [-0.25, -0.2) is 9.78 Å². The molecular formula is C35H54N6O5. The Bertz CT molecular complexity index is 1160. The average Bonchev–Trinajstić information content (AvgIpc) is 3.77. The smallest absolute Gasteiger partial charge is 0.408 e. The second-order valence-corrected chi connectivity index (χ2v) is 12.2. The van der Waals surface area contributed by atoms with E-state index in [2.05, 4.69) is 32.8 Å². The third-order valence-electron chi connectivity index (χ3n) is 8.35. The topological polar surface area (TPSA) is 146 Å². The predicted octanol–water partition coefficient (Wildman–Crippen LogP) is 5.17. The molecule has 4 N–H and O–H groups in total. The third kappa shape index (κ3) is 14.0. The number of nitrogens with zero attached hydrogens (tertiary/aromatic N) is 2. The van der Waals surface area contributed by atoms with Crippen LogP contribution in [-0.4, -0.2) is 70.4 Å². The van der Waals surface area contributed by atoms with Gasteiger partial charge in [-0.15, -0.1) is 0 Å². The van der Waals surface area contributed by atoms with Crippen molar-refractivity contribution in [2.45, 2.75) is 122 Å². The van der Waals surface area contributed by atoms with E-state index in [4.69, 9.17) is 4.74 Å². The molecule has 1 saturated heterocycles. The summed E-state index contributed by atoms with van der Waals surface area (Å²) < 4.78 is 5.36. The fraction of sp³-hybridized carbons (Fsp3) is 0.629. The van der Waals surface area contributed by atoms with Gasteiger partial charge in [0, 0.05) is 44.4 Å². The molecule has 3 rings (SSSR count). The summed E-state index contributed by atoms with van der Waals surface area (Å²) in [4.78, 5) is 60.1. The summed E-state index contributed by atoms with van der Waals surface area (Å²) >= 11 is 0. The fourth-order valence-electron chi connectivity index (χ4n) is 5.73. The van der Waals surface area contributed by atoms with E-state index in [9.17, 15) is 19.2 Å². The van der Waals surface area contributed by atoms with Crippen LogP contribution in [0.5, 0.6) is 0 Å². The maximum absolute atomic E-state index is 13.7. The minimum absolute atomic E-state index is 0.00489. The van der Waals surface area contributed by atoms with E-state index in [0.717, 1.165) is 18.4 Å². The van der Waals surface area contributed by atoms with Crippen LogP contribution in [0.3, 0.4) is 0 Å². The molecule has 0 bridgehead atoms. The van der Waals surface area contributed by atoms with E-state index in [1.807, 2.05) is 30.3 Å². The SMILES string of the molecule is CCCCCCCCCCCCNC(=O)CCCNC(=O)[C@@H]1CCCN1C(=O)[C@H](Cc1cnc[nH]1)NC(=O)OCc1ccccc1. The zero-order chi connectivity index (χ0) is 32.8. The number of ether oxygens (including phenoxy) is 1. The van der Waals surface area contributed by atoms with Gasteiger partial charge < -0.3 is 30.6 Å². The standard InChI is InChI=1S/C35H54N6O5/c1-2-3-4-5-6-7-8-9-10-14-21-37-32(42)20-15-22-38-33(43)31-19-16-23-41(31)34(44)30(24-29-25-36-27-39-29)40-35(45)46-26-28-17-12-11-13-18-28/h11-13,17-18,25,27,30-31H,2-10,14-16,19-24,26H2,1H3,(H,36,39)(H,37,42)(H,38,43)(H,40,45)/t30-,31-/m0/s1. The maximum atomic E-state index is 13.7. The van der Waals surface area contributed by atoms with Crippen molar-refractivity contribution < 1.29 is 23.9 Å². The molecule has 11 heteroatoms. The van der Waals surface area contributed by atoms with Crippen LogP contribution in [-0.2, 0) is 32.1 Å². The van der Waals surface area contributed by atoms with Crippen LogP contribution in [0.25, 0.3) is 0 Å². The summed E-state index contributed by atoms with van der Waals surface area (Å²) in [7, 11) is 0. The van der Waals surface area contributed by atoms with Crippen molar-refractivity contribution in [2.75, 3.05) is 19.6 Å². The van der Waals surface area contributed by atoms with Gasteiger partial charge in [-0.2, -0.15) is 0 Å². The summed E-state index contributed by atoms with van der Waals surface area (Å²) in [5.41, 5.74) is 1.50. The van der Waals surface area contributed by atoms with Crippen LogP contribution in [0.2, 0.25) is 0 Å². The van der Waals surface area contributed by atoms with Crippen LogP contribution >= 0.6 is 0 Å². The summed E-state index contributed by atoms with van der Waals surface area (Å²) in [5.74, 6) is -0.603. The number of likely N-dealkylation sites (tertiary alicyclic amines) is 1. The average molecular weight is 639 g/mol. The molecule has 2 heterocycles. The van der Waals surface area contributed by atoms with Gasteiger partial charge in [0.15, 0.2) is 0 Å². The quantitative estimate of drug-likeness (QED) is 0.131. The lowest BCUT2D eigenvalue weighted by atomic mass is 10.1. The molecule has 11 nitrogen and oxygen atoms in total. The first-order valence-corrected chi connectivity index (χ1v) is 17.3. The Labute approximate surface area is 274 Å². The highest BCUT2D eigenvalue weighted by Crippen LogP contribution is 2.20. The highest BCUT2D eigenvalue weighted by Gasteiger charge is 2.38. The molecule has 1 aromatic carbocycles. The number of carbonyl (C=O) groups is 4. The number of unbranched alkanes of at least 4 members (excludes halogenated alkanes) is 9. The van der Waals surface area contributed by atoms with Crippen molar-refractivity contribution in [3.63, 3.8) is 0 Å². The Hall–Kier alpha value is -3.89. The van der Waals surface area contributed by atoms with Gasteiger partial charge in [-0.3, -0.25) is 14.4 Å². The van der Waals surface area contributed by atoms with E-state index >= 15 is 0 Å². The van der Waals surface area contributed by atoms with Crippen molar-refractivity contribution in [1.29, 1.82) is 0 Å². The van der Waals surface area contributed by atoms with Crippen molar-refractivity contribution >= 4 is 23.8 Å². The van der Waals surface area contributed by atoms with Crippen LogP contribution < -0.4 is 16.0 Å². The van der Waals surface area contributed by atoms with Crippen molar-refractivity contribution in [3.05, 3.63) is 54.1 Å². The minimum Gasteiger partial charge on any atom is -0.445 e. The molecular weight excluding hydrogens is 584 g/mol. The van der Waals surface area contributed by atoms with Gasteiger partial charge in [0.05, 0.1) is 6.33 Å². The molecule has 2 atom stereocenters. The Balaban J connectivity index is 1.35. The first kappa shape index (κ1) is 36.6. The molecule has 0 aliphatic carbocycles. The van der Waals surface area contributed by atoms with Gasteiger partial charge in [-0.1, -0.05) is 95.0 Å². The van der Waals surface area contributed by atoms with Gasteiger partial charge in [-0.05, 0) is 31.2 Å². The molecule has 1 aromatic heterocycles. The second kappa shape index (κ2) is 21.8. The molecule has 1 aliphatic rings. The van der Waals surface area contributed by atoms with Crippen LogP contribution in [0.15, 0.2) is 42.9 Å². The van der Waals surface area contributed by atoms with Crippen molar-refractivity contribution in [3.8, 4) is 0 Å². The number of benzene rings is 1. The zero-order valence-corrected chi connectivity index (χ0v) is 27.6. The van der Waals surface area contributed by atoms with Crippen LogP contribution in [0.1, 0.15) is 108 Å². The third-order valence-corrected chi connectivity index (χ3v) is 8.35. The Morgan fingerprint density at radius 3 is 2.33 bits per heavy atom. The zero-order valence-electron chi connectivity index (χ0n) is 27.6. The molecule has 2 aromatic rings. The largest absolute Gasteiger partial charge is 0.445 e. The number of aromatic nitrogens is 2. The van der Waals surface area contributed by atoms with Crippen molar-refractivity contribution in [1.82, 2.24) is 30.8 Å². The monoisotopic (exact) mass is 638 g/mol. The number of nitrogens with one attached hydrogen (secondary N) is 4. The fourth-order valence-corrected chi connectivity index (χ4v) is 5.73. The molecule has 46 heavy (non-hydrogen) atoms. The Morgan fingerprint density at radius 1 is 0.935 bits per heavy atom. The first-order chi connectivity index (χ1) is 22.5. The molecule has 4 amide bonds. The minimum atomic E-state index is -0.934. The van der Waals surface area contributed by atoms with E-state index in [-0.39, 0.29) is 30.7 Å². The first-order valence-electron chi connectivity index (χ1n) is 17.3. The summed E-state index contributed by atoms with van der Waals surface area (Å²) in [6.07, 6.45) is 17.2. The second-order valence-electron chi connectivity index (χ2n) is 12.2. The number of hydrogen-bond donors (Lipinski definition) is 4. The van der Waals surface area contributed by atoms with Crippen molar-refractivity contribution in [2.24, 2.45) is 0 Å². The van der Waals surface area contributed by atoms with Crippen LogP contribution in [0, 0.1) is 0 Å².